The first-order valence-corrected chi connectivity index (χ1v) is 5.68. The summed E-state index contributed by atoms with van der Waals surface area (Å²) >= 11 is 0. The summed E-state index contributed by atoms with van der Waals surface area (Å²) in [5, 5.41) is 3.24. The molecule has 2 amide bonds. The summed E-state index contributed by atoms with van der Waals surface area (Å²) in [5.74, 6) is -1.12. The molecule has 0 aromatic carbocycles. The average molecular weight is 276 g/mol. The van der Waals surface area contributed by atoms with Gasteiger partial charge < -0.3 is 5.32 Å². The van der Waals surface area contributed by atoms with Crippen molar-refractivity contribution in [3.63, 3.8) is 0 Å². The van der Waals surface area contributed by atoms with Gasteiger partial charge in [-0.2, -0.15) is 0 Å². The first kappa shape index (κ1) is 15.5. The van der Waals surface area contributed by atoms with Crippen molar-refractivity contribution in [3.8, 4) is 0 Å². The Balaban J connectivity index is 3.08. The van der Waals surface area contributed by atoms with Gasteiger partial charge in [-0.05, 0) is 12.1 Å². The predicted octanol–water partition coefficient (Wildman–Crippen LogP) is -0.289. The van der Waals surface area contributed by atoms with Crippen molar-refractivity contribution in [1.29, 1.82) is 0 Å². The lowest BCUT2D eigenvalue weighted by atomic mass is 10.1. The second kappa shape index (κ2) is 7.80. The van der Waals surface area contributed by atoms with Gasteiger partial charge in [0.05, 0.1) is 24.9 Å². The fourth-order valence-corrected chi connectivity index (χ4v) is 1.33. The number of hydroxylamine groups is 2. The number of carbonyl (C=O) groups excluding carboxylic acids is 3. The Kier molecular flexibility index (Phi) is 6.05. The number of aromatic nitrogens is 1. The molecule has 1 heterocycles. The number of pyridine rings is 1. The Morgan fingerprint density at radius 2 is 2.25 bits per heavy atom. The number of carbonyl (C=O) groups is 2. The number of hydrogen-bond donors (Lipinski definition) is 1. The fourth-order valence-electron chi connectivity index (χ4n) is 1.33. The van der Waals surface area contributed by atoms with Crippen LogP contribution in [0.1, 0.15) is 5.69 Å². The lowest BCUT2D eigenvalue weighted by Gasteiger charge is -2.15. The van der Waals surface area contributed by atoms with E-state index in [4.69, 9.17) is 4.84 Å². The molecule has 0 saturated carbocycles. The number of rotatable bonds is 6. The molecule has 0 unspecified atom stereocenters. The first-order valence-electron chi connectivity index (χ1n) is 5.68. The Morgan fingerprint density at radius 1 is 1.50 bits per heavy atom. The lowest BCUT2D eigenvalue weighted by Crippen LogP contribution is -2.29. The van der Waals surface area contributed by atoms with Gasteiger partial charge in [-0.3, -0.25) is 24.2 Å². The maximum atomic E-state index is 12.1. The SMILES string of the molecule is CON(C)C(=O)C(=CC(=O)NC[C]=O)c1ccccn1. The molecule has 1 N–H and O–H groups in total. The van der Waals surface area contributed by atoms with Gasteiger partial charge in [0.2, 0.25) is 12.2 Å². The Morgan fingerprint density at radius 3 is 2.80 bits per heavy atom. The summed E-state index contributed by atoms with van der Waals surface area (Å²) in [6, 6.07) is 4.97. The summed E-state index contributed by atoms with van der Waals surface area (Å²) in [6.07, 6.45) is 4.10. The van der Waals surface area contributed by atoms with Crippen LogP contribution in [0, 0.1) is 0 Å². The number of amides is 2. The number of nitrogens with one attached hydrogen (secondary N) is 1. The van der Waals surface area contributed by atoms with Crippen LogP contribution in [0.2, 0.25) is 0 Å². The highest BCUT2D eigenvalue weighted by Crippen LogP contribution is 2.14. The number of nitrogens with zero attached hydrogens (tertiary/aromatic N) is 2. The predicted molar refractivity (Wildman–Crippen MR) is 70.7 cm³/mol. The molecule has 0 bridgehead atoms. The van der Waals surface area contributed by atoms with Crippen LogP contribution in [-0.4, -0.2) is 48.8 Å². The molecule has 1 aromatic rings. The number of likely N-dealkylation sites (N-methyl/N-ethyl adjacent to an activating group) is 1. The molecule has 1 radical (unpaired) electrons. The van der Waals surface area contributed by atoms with Gasteiger partial charge >= 0.3 is 0 Å². The molecule has 0 saturated heterocycles. The van der Waals surface area contributed by atoms with Crippen LogP contribution in [0.25, 0.3) is 5.57 Å². The van der Waals surface area contributed by atoms with E-state index in [9.17, 15) is 14.4 Å². The van der Waals surface area contributed by atoms with Crippen molar-refractivity contribution in [2.45, 2.75) is 0 Å². The van der Waals surface area contributed by atoms with Gasteiger partial charge in [-0.15, -0.1) is 0 Å². The average Bonchev–Trinajstić information content (AvgIpc) is 2.49. The van der Waals surface area contributed by atoms with E-state index < -0.39 is 11.8 Å². The van der Waals surface area contributed by atoms with Gasteiger partial charge in [0.25, 0.3) is 5.91 Å². The van der Waals surface area contributed by atoms with Crippen LogP contribution in [-0.2, 0) is 19.2 Å². The quantitative estimate of drug-likeness (QED) is 0.570. The van der Waals surface area contributed by atoms with Gasteiger partial charge in [0, 0.05) is 19.3 Å². The van der Waals surface area contributed by atoms with Crippen molar-refractivity contribution >= 4 is 23.7 Å². The van der Waals surface area contributed by atoms with E-state index in [0.717, 1.165) is 11.1 Å². The molecule has 0 atom stereocenters. The monoisotopic (exact) mass is 276 g/mol. The Labute approximate surface area is 116 Å². The molecule has 7 heteroatoms. The molecule has 0 aliphatic heterocycles. The maximum Gasteiger partial charge on any atom is 0.279 e. The van der Waals surface area contributed by atoms with E-state index in [1.54, 1.807) is 18.2 Å². The highest BCUT2D eigenvalue weighted by Gasteiger charge is 2.19. The summed E-state index contributed by atoms with van der Waals surface area (Å²) in [6.45, 7) is -0.251. The minimum absolute atomic E-state index is 0.0540. The van der Waals surface area contributed by atoms with E-state index in [-0.39, 0.29) is 12.1 Å². The normalized spacial score (nSPS) is 10.8. The van der Waals surface area contributed by atoms with Crippen LogP contribution in [0.4, 0.5) is 0 Å². The zero-order valence-electron chi connectivity index (χ0n) is 11.1. The van der Waals surface area contributed by atoms with E-state index in [1.807, 2.05) is 0 Å². The zero-order chi connectivity index (χ0) is 15.0. The molecule has 0 aliphatic rings. The lowest BCUT2D eigenvalue weighted by molar-refractivity contribution is -0.161. The summed E-state index contributed by atoms with van der Waals surface area (Å²) in [7, 11) is 2.74. The van der Waals surface area contributed by atoms with E-state index in [1.165, 1.54) is 26.6 Å². The third-order valence-corrected chi connectivity index (χ3v) is 2.34. The molecule has 0 spiro atoms. The minimum Gasteiger partial charge on any atom is -0.345 e. The maximum absolute atomic E-state index is 12.1. The smallest absolute Gasteiger partial charge is 0.279 e. The standard InChI is InChI=1S/C13H14N3O4/c1-16(20-2)13(19)10(9-12(18)15-7-8-17)11-5-3-4-6-14-11/h3-6,9H,7H2,1-2H3,(H,15,18). The molecule has 1 aromatic heterocycles. The zero-order valence-corrected chi connectivity index (χ0v) is 11.1. The minimum atomic E-state index is -0.591. The van der Waals surface area contributed by atoms with Gasteiger partial charge in [0.15, 0.2) is 0 Å². The summed E-state index contributed by atoms with van der Waals surface area (Å²) in [4.78, 5) is 42.6. The van der Waals surface area contributed by atoms with Gasteiger partial charge in [0.1, 0.15) is 0 Å². The number of hydrogen-bond acceptors (Lipinski definition) is 5. The Bertz CT molecular complexity index is 514. The van der Waals surface area contributed by atoms with E-state index >= 15 is 0 Å². The topological polar surface area (TPSA) is 88.6 Å². The van der Waals surface area contributed by atoms with Crippen LogP contribution in [0.15, 0.2) is 30.5 Å². The van der Waals surface area contributed by atoms with Crippen molar-refractivity contribution in [3.05, 3.63) is 36.2 Å². The summed E-state index contributed by atoms with van der Waals surface area (Å²) in [5.41, 5.74) is 0.380. The van der Waals surface area contributed by atoms with Crippen molar-refractivity contribution < 1.29 is 19.2 Å². The third kappa shape index (κ3) is 4.29. The molecule has 7 nitrogen and oxygen atoms in total. The summed E-state index contributed by atoms with van der Waals surface area (Å²) < 4.78 is 0. The largest absolute Gasteiger partial charge is 0.345 e. The van der Waals surface area contributed by atoms with Crippen LogP contribution < -0.4 is 5.32 Å². The van der Waals surface area contributed by atoms with Crippen LogP contribution in [0.3, 0.4) is 0 Å². The third-order valence-electron chi connectivity index (χ3n) is 2.34. The Hall–Kier alpha value is -2.54. The molecule has 20 heavy (non-hydrogen) atoms. The molecule has 0 fully saturated rings. The second-order valence-corrected chi connectivity index (χ2v) is 3.62. The fraction of sp³-hybridized carbons (Fsp3) is 0.231. The molecule has 1 rings (SSSR count). The highest BCUT2D eigenvalue weighted by molar-refractivity contribution is 6.22. The van der Waals surface area contributed by atoms with Crippen molar-refractivity contribution in [2.75, 3.05) is 20.7 Å². The van der Waals surface area contributed by atoms with Crippen molar-refractivity contribution in [2.24, 2.45) is 0 Å². The first-order chi connectivity index (χ1) is 9.60. The molecular weight excluding hydrogens is 262 g/mol. The van der Waals surface area contributed by atoms with Crippen LogP contribution >= 0.6 is 0 Å². The highest BCUT2D eigenvalue weighted by atomic mass is 16.7. The van der Waals surface area contributed by atoms with E-state index in [2.05, 4.69) is 10.3 Å². The molecular formula is C13H14N3O4. The van der Waals surface area contributed by atoms with Crippen molar-refractivity contribution in [1.82, 2.24) is 15.4 Å². The van der Waals surface area contributed by atoms with E-state index in [0.29, 0.717) is 5.69 Å². The molecule has 0 aliphatic carbocycles. The van der Waals surface area contributed by atoms with Crippen LogP contribution in [0.5, 0.6) is 0 Å². The molecule has 105 valence electrons. The van der Waals surface area contributed by atoms with Gasteiger partial charge in [-0.1, -0.05) is 6.07 Å². The second-order valence-electron chi connectivity index (χ2n) is 3.62. The van der Waals surface area contributed by atoms with Gasteiger partial charge in [-0.25, -0.2) is 5.06 Å².